The van der Waals surface area contributed by atoms with Gasteiger partial charge in [0.05, 0.1) is 13.1 Å². The Balaban J connectivity index is 1.92. The summed E-state index contributed by atoms with van der Waals surface area (Å²) >= 11 is 3.54. The molecule has 5 heteroatoms. The Bertz CT molecular complexity index is 522. The number of nitrogens with zero attached hydrogens (tertiary/aromatic N) is 3. The van der Waals surface area contributed by atoms with Crippen LogP contribution < -0.4 is 5.32 Å². The molecular formula is C14H19BrN4. The second-order valence-electron chi connectivity index (χ2n) is 4.97. The minimum Gasteiger partial charge on any atom is -0.310 e. The molecule has 1 heterocycles. The van der Waals surface area contributed by atoms with Gasteiger partial charge in [-0.25, -0.2) is 9.67 Å². The van der Waals surface area contributed by atoms with Crippen molar-refractivity contribution in [2.75, 3.05) is 6.54 Å². The minimum absolute atomic E-state index is 0.641. The van der Waals surface area contributed by atoms with Gasteiger partial charge in [0, 0.05) is 4.47 Å². The summed E-state index contributed by atoms with van der Waals surface area (Å²) in [6.45, 7) is 6.82. The summed E-state index contributed by atoms with van der Waals surface area (Å²) in [6.07, 6.45) is 1.78. The molecule has 0 aliphatic rings. The number of benzene rings is 1. The fourth-order valence-electron chi connectivity index (χ4n) is 1.76. The lowest BCUT2D eigenvalue weighted by Gasteiger charge is -2.05. The van der Waals surface area contributed by atoms with E-state index >= 15 is 0 Å². The Hall–Kier alpha value is -1.20. The molecule has 0 fully saturated rings. The maximum Gasteiger partial charge on any atom is 0.164 e. The second kappa shape index (κ2) is 6.82. The molecule has 0 radical (unpaired) electrons. The number of halogens is 1. The first-order valence-corrected chi connectivity index (χ1v) is 7.27. The van der Waals surface area contributed by atoms with Crippen LogP contribution in [-0.2, 0) is 13.1 Å². The summed E-state index contributed by atoms with van der Waals surface area (Å²) in [7, 11) is 0. The fraction of sp³-hybridized carbons (Fsp3) is 0.429. The third kappa shape index (κ3) is 4.44. The van der Waals surface area contributed by atoms with Crippen molar-refractivity contribution >= 4 is 15.9 Å². The molecule has 1 aromatic heterocycles. The van der Waals surface area contributed by atoms with Crippen LogP contribution in [0.25, 0.3) is 0 Å². The highest BCUT2D eigenvalue weighted by Gasteiger charge is 2.04. The van der Waals surface area contributed by atoms with Gasteiger partial charge >= 0.3 is 0 Å². The highest BCUT2D eigenvalue weighted by atomic mass is 79.9. The Kier molecular flexibility index (Phi) is 5.10. The monoisotopic (exact) mass is 322 g/mol. The zero-order valence-corrected chi connectivity index (χ0v) is 12.9. The number of hydrogen-bond donors (Lipinski definition) is 1. The van der Waals surface area contributed by atoms with Crippen LogP contribution >= 0.6 is 15.9 Å². The highest BCUT2D eigenvalue weighted by molar-refractivity contribution is 9.10. The molecule has 0 aliphatic carbocycles. The SMILES string of the molecule is CC(C)CNCc1ncn(Cc2ccccc2Br)n1. The summed E-state index contributed by atoms with van der Waals surface area (Å²) in [5, 5.41) is 7.81. The highest BCUT2D eigenvalue weighted by Crippen LogP contribution is 2.16. The maximum atomic E-state index is 4.47. The third-order valence-corrected chi connectivity index (χ3v) is 3.48. The molecule has 0 spiro atoms. The number of hydrogen-bond acceptors (Lipinski definition) is 3. The van der Waals surface area contributed by atoms with Gasteiger partial charge in [-0.05, 0) is 24.1 Å². The molecule has 4 nitrogen and oxygen atoms in total. The van der Waals surface area contributed by atoms with Crippen molar-refractivity contribution in [2.24, 2.45) is 5.92 Å². The quantitative estimate of drug-likeness (QED) is 0.889. The Labute approximate surface area is 122 Å². The van der Waals surface area contributed by atoms with E-state index in [2.05, 4.69) is 51.2 Å². The zero-order chi connectivity index (χ0) is 13.7. The summed E-state index contributed by atoms with van der Waals surface area (Å²) in [5.74, 6) is 1.48. The van der Waals surface area contributed by atoms with Gasteiger partial charge < -0.3 is 5.32 Å². The van der Waals surface area contributed by atoms with Crippen molar-refractivity contribution in [3.63, 3.8) is 0 Å². The van der Waals surface area contributed by atoms with Crippen LogP contribution in [0.15, 0.2) is 35.1 Å². The van der Waals surface area contributed by atoms with Crippen LogP contribution in [0, 0.1) is 5.92 Å². The van der Waals surface area contributed by atoms with E-state index in [1.54, 1.807) is 6.33 Å². The van der Waals surface area contributed by atoms with Crippen molar-refractivity contribution in [1.29, 1.82) is 0 Å². The van der Waals surface area contributed by atoms with Crippen molar-refractivity contribution < 1.29 is 0 Å². The van der Waals surface area contributed by atoms with E-state index < -0.39 is 0 Å². The van der Waals surface area contributed by atoms with E-state index in [1.165, 1.54) is 5.56 Å². The Morgan fingerprint density at radius 1 is 1.32 bits per heavy atom. The smallest absolute Gasteiger partial charge is 0.164 e. The van der Waals surface area contributed by atoms with E-state index in [9.17, 15) is 0 Å². The van der Waals surface area contributed by atoms with Gasteiger partial charge in [-0.2, -0.15) is 5.10 Å². The standard InChI is InChI=1S/C14H19BrN4/c1-11(2)7-16-8-14-17-10-19(18-14)9-12-5-3-4-6-13(12)15/h3-6,10-11,16H,7-9H2,1-2H3. The molecule has 102 valence electrons. The molecule has 0 aliphatic heterocycles. The molecular weight excluding hydrogens is 304 g/mol. The first-order valence-electron chi connectivity index (χ1n) is 6.47. The largest absolute Gasteiger partial charge is 0.310 e. The molecule has 0 saturated heterocycles. The van der Waals surface area contributed by atoms with Gasteiger partial charge in [-0.3, -0.25) is 0 Å². The fourth-order valence-corrected chi connectivity index (χ4v) is 2.17. The Morgan fingerprint density at radius 2 is 2.11 bits per heavy atom. The number of nitrogens with one attached hydrogen (secondary N) is 1. The van der Waals surface area contributed by atoms with Crippen LogP contribution in [0.1, 0.15) is 25.2 Å². The summed E-state index contributed by atoms with van der Waals surface area (Å²) in [4.78, 5) is 4.31. The zero-order valence-electron chi connectivity index (χ0n) is 11.3. The molecule has 2 rings (SSSR count). The topological polar surface area (TPSA) is 42.7 Å². The number of aromatic nitrogens is 3. The van der Waals surface area contributed by atoms with Crippen LogP contribution in [0.4, 0.5) is 0 Å². The third-order valence-electron chi connectivity index (χ3n) is 2.71. The van der Waals surface area contributed by atoms with Gasteiger partial charge in [-0.1, -0.05) is 48.0 Å². The van der Waals surface area contributed by atoms with Crippen LogP contribution in [0.5, 0.6) is 0 Å². The van der Waals surface area contributed by atoms with E-state index in [-0.39, 0.29) is 0 Å². The molecule has 0 amide bonds. The molecule has 0 unspecified atom stereocenters. The van der Waals surface area contributed by atoms with Crippen molar-refractivity contribution in [2.45, 2.75) is 26.9 Å². The van der Waals surface area contributed by atoms with Crippen LogP contribution in [-0.4, -0.2) is 21.3 Å². The van der Waals surface area contributed by atoms with Crippen molar-refractivity contribution in [1.82, 2.24) is 20.1 Å². The lowest BCUT2D eigenvalue weighted by atomic mass is 10.2. The normalized spacial score (nSPS) is 11.2. The molecule has 2 aromatic rings. The number of rotatable bonds is 6. The summed E-state index contributed by atoms with van der Waals surface area (Å²) < 4.78 is 2.97. The van der Waals surface area contributed by atoms with Gasteiger partial charge in [0.1, 0.15) is 6.33 Å². The molecule has 1 N–H and O–H groups in total. The van der Waals surface area contributed by atoms with Crippen LogP contribution in [0.2, 0.25) is 0 Å². The van der Waals surface area contributed by atoms with E-state index in [0.29, 0.717) is 5.92 Å². The van der Waals surface area contributed by atoms with Crippen LogP contribution in [0.3, 0.4) is 0 Å². The van der Waals surface area contributed by atoms with Gasteiger partial charge in [-0.15, -0.1) is 0 Å². The van der Waals surface area contributed by atoms with E-state index in [4.69, 9.17) is 0 Å². The molecule has 0 bridgehead atoms. The Morgan fingerprint density at radius 3 is 2.84 bits per heavy atom. The average molecular weight is 323 g/mol. The predicted molar refractivity (Wildman–Crippen MR) is 79.8 cm³/mol. The summed E-state index contributed by atoms with van der Waals surface area (Å²) in [6, 6.07) is 8.16. The minimum atomic E-state index is 0.641. The summed E-state index contributed by atoms with van der Waals surface area (Å²) in [5.41, 5.74) is 1.20. The molecule has 0 saturated carbocycles. The van der Waals surface area contributed by atoms with Gasteiger partial charge in [0.25, 0.3) is 0 Å². The average Bonchev–Trinajstić information content (AvgIpc) is 2.79. The molecule has 19 heavy (non-hydrogen) atoms. The lowest BCUT2D eigenvalue weighted by Crippen LogP contribution is -2.19. The first kappa shape index (κ1) is 14.2. The molecule has 1 aromatic carbocycles. The van der Waals surface area contributed by atoms with Gasteiger partial charge in [0.15, 0.2) is 5.82 Å². The first-order chi connectivity index (χ1) is 9.15. The lowest BCUT2D eigenvalue weighted by molar-refractivity contribution is 0.539. The van der Waals surface area contributed by atoms with E-state index in [0.717, 1.165) is 29.9 Å². The maximum absolute atomic E-state index is 4.47. The molecule has 0 atom stereocenters. The van der Waals surface area contributed by atoms with E-state index in [1.807, 2.05) is 22.9 Å². The van der Waals surface area contributed by atoms with Crippen molar-refractivity contribution in [3.8, 4) is 0 Å². The van der Waals surface area contributed by atoms with Gasteiger partial charge in [0.2, 0.25) is 0 Å². The van der Waals surface area contributed by atoms with Crippen molar-refractivity contribution in [3.05, 3.63) is 46.5 Å². The second-order valence-corrected chi connectivity index (χ2v) is 5.83. The predicted octanol–water partition coefficient (Wildman–Crippen LogP) is 2.83.